The minimum atomic E-state index is -3.86. The Balaban J connectivity index is 1.71. The van der Waals surface area contributed by atoms with Crippen molar-refractivity contribution in [2.24, 2.45) is 11.8 Å². The van der Waals surface area contributed by atoms with Gasteiger partial charge in [-0.2, -0.15) is 4.31 Å². The molecule has 2 heterocycles. The van der Waals surface area contributed by atoms with Gasteiger partial charge in [-0.15, -0.1) is 0 Å². The monoisotopic (exact) mass is 483 g/mol. The van der Waals surface area contributed by atoms with Crippen LogP contribution in [0.1, 0.15) is 37.8 Å². The molecule has 3 atom stereocenters. The van der Waals surface area contributed by atoms with E-state index < -0.39 is 16.1 Å². The van der Waals surface area contributed by atoms with E-state index >= 15 is 0 Å². The number of nitrogens with zero attached hydrogens (tertiary/aromatic N) is 3. The molecule has 2 aliphatic rings. The first kappa shape index (κ1) is 24.7. The van der Waals surface area contributed by atoms with Crippen LogP contribution in [0.25, 0.3) is 0 Å². The standard InChI is InChI=1S/C26H33N3O4S/c1-19-15-29(20(2)18-30)34(31,32)26-11-10-21(6-7-22-5-4-12-27-14-22)13-24(26)33-25(19)17-28(3)16-23-8-9-23/h4-5,10-14,19-20,23,25,30H,8-9,15-18H2,1-3H3/t19-,20+,25-/m0/s1. The smallest absolute Gasteiger partial charge is 0.247 e. The summed E-state index contributed by atoms with van der Waals surface area (Å²) in [5.74, 6) is 7.15. The molecule has 0 radical (unpaired) electrons. The zero-order valence-electron chi connectivity index (χ0n) is 20.0. The molecule has 182 valence electrons. The molecule has 0 unspecified atom stereocenters. The first-order chi connectivity index (χ1) is 16.3. The molecule has 7 nitrogen and oxygen atoms in total. The van der Waals surface area contributed by atoms with Crippen molar-refractivity contribution in [2.45, 2.75) is 43.7 Å². The summed E-state index contributed by atoms with van der Waals surface area (Å²) in [4.78, 5) is 6.47. The molecule has 1 aliphatic heterocycles. The maximum Gasteiger partial charge on any atom is 0.247 e. The third-order valence-electron chi connectivity index (χ3n) is 6.44. The van der Waals surface area contributed by atoms with E-state index in [0.29, 0.717) is 17.9 Å². The Labute approximate surface area is 202 Å². The van der Waals surface area contributed by atoms with Crippen molar-refractivity contribution in [3.63, 3.8) is 0 Å². The summed E-state index contributed by atoms with van der Waals surface area (Å²) in [6.45, 7) is 5.50. The molecule has 1 fully saturated rings. The van der Waals surface area contributed by atoms with Crippen LogP contribution in [0.5, 0.6) is 5.75 Å². The lowest BCUT2D eigenvalue weighted by Gasteiger charge is -2.37. The summed E-state index contributed by atoms with van der Waals surface area (Å²) >= 11 is 0. The number of benzene rings is 1. The highest BCUT2D eigenvalue weighted by molar-refractivity contribution is 7.89. The van der Waals surface area contributed by atoms with Gasteiger partial charge < -0.3 is 14.7 Å². The normalized spacial score (nSPS) is 23.1. The number of sulfonamides is 1. The highest BCUT2D eigenvalue weighted by atomic mass is 32.2. The van der Waals surface area contributed by atoms with Gasteiger partial charge in [0, 0.05) is 55.1 Å². The minimum Gasteiger partial charge on any atom is -0.487 e. The van der Waals surface area contributed by atoms with Crippen molar-refractivity contribution in [2.75, 3.05) is 33.3 Å². The number of aliphatic hydroxyl groups is 1. The first-order valence-corrected chi connectivity index (χ1v) is 13.3. The Morgan fingerprint density at radius 3 is 2.68 bits per heavy atom. The zero-order chi connectivity index (χ0) is 24.3. The van der Waals surface area contributed by atoms with Gasteiger partial charge in [0.15, 0.2) is 0 Å². The Morgan fingerprint density at radius 2 is 2.00 bits per heavy atom. The van der Waals surface area contributed by atoms with E-state index in [4.69, 9.17) is 4.74 Å². The molecule has 1 aliphatic carbocycles. The van der Waals surface area contributed by atoms with Gasteiger partial charge in [0.05, 0.1) is 6.61 Å². The largest absolute Gasteiger partial charge is 0.487 e. The second-order valence-electron chi connectivity index (χ2n) is 9.56. The van der Waals surface area contributed by atoms with Gasteiger partial charge in [-0.05, 0) is 63.1 Å². The topological polar surface area (TPSA) is 83.0 Å². The second-order valence-corrected chi connectivity index (χ2v) is 11.4. The number of fused-ring (bicyclic) bond motifs is 1. The van der Waals surface area contributed by atoms with Crippen LogP contribution in [0.4, 0.5) is 0 Å². The van der Waals surface area contributed by atoms with Crippen molar-refractivity contribution in [3.05, 3.63) is 53.9 Å². The lowest BCUT2D eigenvalue weighted by molar-refractivity contribution is 0.0740. The molecule has 0 spiro atoms. The van der Waals surface area contributed by atoms with Crippen molar-refractivity contribution in [1.82, 2.24) is 14.2 Å². The summed E-state index contributed by atoms with van der Waals surface area (Å²) in [7, 11) is -1.76. The number of likely N-dealkylation sites (N-methyl/N-ethyl adjacent to an activating group) is 1. The van der Waals surface area contributed by atoms with E-state index in [1.807, 2.05) is 19.1 Å². The van der Waals surface area contributed by atoms with E-state index in [9.17, 15) is 13.5 Å². The van der Waals surface area contributed by atoms with E-state index in [2.05, 4.69) is 28.8 Å². The number of aliphatic hydroxyl groups excluding tert-OH is 1. The molecule has 0 amide bonds. The summed E-state index contributed by atoms with van der Waals surface area (Å²) in [6.07, 6.45) is 5.72. The lowest BCUT2D eigenvalue weighted by Crippen LogP contribution is -2.49. The van der Waals surface area contributed by atoms with Crippen LogP contribution in [-0.2, 0) is 10.0 Å². The fourth-order valence-corrected chi connectivity index (χ4v) is 6.05. The van der Waals surface area contributed by atoms with Gasteiger partial charge in [-0.1, -0.05) is 18.8 Å². The predicted octanol–water partition coefficient (Wildman–Crippen LogP) is 2.59. The van der Waals surface area contributed by atoms with Crippen LogP contribution in [0, 0.1) is 23.7 Å². The third-order valence-corrected chi connectivity index (χ3v) is 8.46. The van der Waals surface area contributed by atoms with E-state index in [0.717, 1.165) is 18.0 Å². The fourth-order valence-electron chi connectivity index (χ4n) is 4.23. The predicted molar refractivity (Wildman–Crippen MR) is 131 cm³/mol. The van der Waals surface area contributed by atoms with Gasteiger partial charge in [0.1, 0.15) is 16.7 Å². The molecule has 1 aromatic heterocycles. The Bertz CT molecular complexity index is 1160. The highest BCUT2D eigenvalue weighted by Gasteiger charge is 2.38. The molecule has 4 rings (SSSR count). The molecule has 1 saturated carbocycles. The highest BCUT2D eigenvalue weighted by Crippen LogP contribution is 2.35. The van der Waals surface area contributed by atoms with Crippen LogP contribution < -0.4 is 4.74 Å². The molecule has 0 bridgehead atoms. The SMILES string of the molecule is C[C@H](CO)N1C[C@H](C)[C@H](CN(C)CC2CC2)Oc2cc(C#Cc3cccnc3)ccc2S1(=O)=O. The summed E-state index contributed by atoms with van der Waals surface area (Å²) < 4.78 is 35.0. The van der Waals surface area contributed by atoms with Gasteiger partial charge in [0.2, 0.25) is 10.0 Å². The maximum absolute atomic E-state index is 13.6. The third kappa shape index (κ3) is 5.78. The molecule has 34 heavy (non-hydrogen) atoms. The zero-order valence-corrected chi connectivity index (χ0v) is 20.8. The second kappa shape index (κ2) is 10.4. The van der Waals surface area contributed by atoms with Crippen LogP contribution in [0.15, 0.2) is 47.6 Å². The Hall–Kier alpha value is -2.44. The van der Waals surface area contributed by atoms with E-state index in [1.54, 1.807) is 37.5 Å². The Morgan fingerprint density at radius 1 is 1.24 bits per heavy atom. The summed E-state index contributed by atoms with van der Waals surface area (Å²) in [5.41, 5.74) is 1.44. The Kier molecular flexibility index (Phi) is 7.58. The van der Waals surface area contributed by atoms with Gasteiger partial charge in [0.25, 0.3) is 0 Å². The van der Waals surface area contributed by atoms with E-state index in [1.165, 1.54) is 17.1 Å². The van der Waals surface area contributed by atoms with Crippen molar-refractivity contribution in [1.29, 1.82) is 0 Å². The molecule has 8 heteroatoms. The van der Waals surface area contributed by atoms with Crippen molar-refractivity contribution < 1.29 is 18.3 Å². The quantitative estimate of drug-likeness (QED) is 0.636. The number of hydrogen-bond acceptors (Lipinski definition) is 6. The number of rotatable bonds is 6. The van der Waals surface area contributed by atoms with Crippen LogP contribution >= 0.6 is 0 Å². The van der Waals surface area contributed by atoms with Gasteiger partial charge >= 0.3 is 0 Å². The molecule has 0 saturated heterocycles. The van der Waals surface area contributed by atoms with Crippen LogP contribution in [-0.4, -0.2) is 73.1 Å². The van der Waals surface area contributed by atoms with Crippen molar-refractivity contribution in [3.8, 4) is 17.6 Å². The summed E-state index contributed by atoms with van der Waals surface area (Å²) in [5, 5.41) is 9.79. The maximum atomic E-state index is 13.6. The molecular weight excluding hydrogens is 450 g/mol. The number of hydrogen-bond donors (Lipinski definition) is 1. The average Bonchev–Trinajstić information content (AvgIpc) is 3.64. The average molecular weight is 484 g/mol. The van der Waals surface area contributed by atoms with Gasteiger partial charge in [-0.25, -0.2) is 8.42 Å². The number of aromatic nitrogens is 1. The first-order valence-electron chi connectivity index (χ1n) is 11.8. The van der Waals surface area contributed by atoms with E-state index in [-0.39, 0.29) is 30.1 Å². The minimum absolute atomic E-state index is 0.0660. The molecule has 1 N–H and O–H groups in total. The lowest BCUT2D eigenvalue weighted by atomic mass is 10.0. The van der Waals surface area contributed by atoms with Crippen LogP contribution in [0.2, 0.25) is 0 Å². The molecule has 2 aromatic rings. The van der Waals surface area contributed by atoms with Gasteiger partial charge in [-0.3, -0.25) is 4.98 Å². The molecule has 1 aromatic carbocycles. The van der Waals surface area contributed by atoms with Crippen LogP contribution in [0.3, 0.4) is 0 Å². The number of ether oxygens (including phenoxy) is 1. The fraction of sp³-hybridized carbons (Fsp3) is 0.500. The van der Waals surface area contributed by atoms with Crippen molar-refractivity contribution >= 4 is 10.0 Å². The number of pyridine rings is 1. The summed E-state index contributed by atoms with van der Waals surface area (Å²) in [6, 6.07) is 8.13. The molecular formula is C26H33N3O4S.